The van der Waals surface area contributed by atoms with Gasteiger partial charge in [0, 0.05) is 11.3 Å². The van der Waals surface area contributed by atoms with Crippen molar-refractivity contribution in [2.45, 2.75) is 58.3 Å². The highest BCUT2D eigenvalue weighted by Gasteiger charge is 2.33. The number of carbonyl (C=O) groups is 2. The standard InChI is InChI=1S/C28H33N3O3.ClH/c1-18(2)34-26-16-14-20-9-5-7-11-22(20)23(26)17-31-25-12-8-6-10-21(25)13-15-24(28(31)33)30-27(32)19(3)29-4;/h5-12,14,16,18-19,24,29H,13,15,17H2,1-4H3,(H,30,32);1H. The van der Waals surface area contributed by atoms with Crippen LogP contribution in [0.15, 0.2) is 60.7 Å². The summed E-state index contributed by atoms with van der Waals surface area (Å²) in [6.45, 7) is 6.14. The molecule has 186 valence electrons. The predicted molar refractivity (Wildman–Crippen MR) is 143 cm³/mol. The minimum Gasteiger partial charge on any atom is -0.491 e. The molecule has 0 bridgehead atoms. The highest BCUT2D eigenvalue weighted by atomic mass is 35.5. The lowest BCUT2D eigenvalue weighted by Crippen LogP contribution is -2.52. The Morgan fingerprint density at radius 3 is 2.51 bits per heavy atom. The van der Waals surface area contributed by atoms with Crippen molar-refractivity contribution in [2.24, 2.45) is 0 Å². The van der Waals surface area contributed by atoms with E-state index in [0.29, 0.717) is 19.4 Å². The zero-order valence-corrected chi connectivity index (χ0v) is 21.5. The van der Waals surface area contributed by atoms with Gasteiger partial charge in [-0.1, -0.05) is 48.5 Å². The van der Waals surface area contributed by atoms with Crippen LogP contribution < -0.4 is 20.3 Å². The van der Waals surface area contributed by atoms with E-state index in [9.17, 15) is 9.59 Å². The second kappa shape index (κ2) is 11.6. The zero-order valence-electron chi connectivity index (χ0n) is 20.7. The van der Waals surface area contributed by atoms with E-state index in [2.05, 4.69) is 34.9 Å². The summed E-state index contributed by atoms with van der Waals surface area (Å²) in [6, 6.07) is 19.2. The third-order valence-electron chi connectivity index (χ3n) is 6.37. The molecule has 2 amide bonds. The van der Waals surface area contributed by atoms with Crippen LogP contribution in [0.3, 0.4) is 0 Å². The molecule has 0 aromatic heterocycles. The molecule has 3 aromatic rings. The van der Waals surface area contributed by atoms with Crippen molar-refractivity contribution < 1.29 is 14.3 Å². The van der Waals surface area contributed by atoms with Crippen LogP contribution in [-0.4, -0.2) is 37.0 Å². The molecule has 0 radical (unpaired) electrons. The first-order valence-electron chi connectivity index (χ1n) is 11.9. The van der Waals surface area contributed by atoms with Crippen LogP contribution in [0.25, 0.3) is 10.8 Å². The molecule has 0 saturated carbocycles. The van der Waals surface area contributed by atoms with Gasteiger partial charge in [0.05, 0.1) is 18.7 Å². The van der Waals surface area contributed by atoms with E-state index in [4.69, 9.17) is 4.74 Å². The first kappa shape index (κ1) is 26.5. The number of likely N-dealkylation sites (N-methyl/N-ethyl adjacent to an activating group) is 1. The van der Waals surface area contributed by atoms with Crippen LogP contribution in [0.1, 0.15) is 38.3 Å². The van der Waals surface area contributed by atoms with E-state index in [-0.39, 0.29) is 36.4 Å². The number of rotatable bonds is 7. The maximum atomic E-state index is 13.9. The molecule has 2 unspecified atom stereocenters. The maximum Gasteiger partial charge on any atom is 0.249 e. The van der Waals surface area contributed by atoms with Crippen LogP contribution in [0.2, 0.25) is 0 Å². The third kappa shape index (κ3) is 5.77. The number of halogens is 1. The monoisotopic (exact) mass is 495 g/mol. The number of hydrogen-bond donors (Lipinski definition) is 2. The van der Waals surface area contributed by atoms with Crippen molar-refractivity contribution in [3.8, 4) is 5.75 Å². The number of aryl methyl sites for hydroxylation is 1. The van der Waals surface area contributed by atoms with Crippen LogP contribution in [-0.2, 0) is 22.6 Å². The van der Waals surface area contributed by atoms with Crippen LogP contribution in [0, 0.1) is 0 Å². The third-order valence-corrected chi connectivity index (χ3v) is 6.37. The van der Waals surface area contributed by atoms with Crippen molar-refractivity contribution in [3.05, 3.63) is 71.8 Å². The highest BCUT2D eigenvalue weighted by molar-refractivity contribution is 6.01. The normalized spacial score (nSPS) is 16.3. The number of carbonyl (C=O) groups excluding carboxylic acids is 2. The number of para-hydroxylation sites is 1. The average molecular weight is 496 g/mol. The van der Waals surface area contributed by atoms with Crippen molar-refractivity contribution in [1.82, 2.24) is 10.6 Å². The summed E-state index contributed by atoms with van der Waals surface area (Å²) < 4.78 is 6.17. The van der Waals surface area contributed by atoms with Gasteiger partial charge in [0.1, 0.15) is 11.8 Å². The molecule has 1 aliphatic rings. The summed E-state index contributed by atoms with van der Waals surface area (Å²) in [4.78, 5) is 28.3. The summed E-state index contributed by atoms with van der Waals surface area (Å²) in [5.41, 5.74) is 2.95. The molecule has 2 N–H and O–H groups in total. The molecule has 0 saturated heterocycles. The van der Waals surface area contributed by atoms with Gasteiger partial charge in [0.25, 0.3) is 0 Å². The highest BCUT2D eigenvalue weighted by Crippen LogP contribution is 2.34. The van der Waals surface area contributed by atoms with E-state index in [1.54, 1.807) is 14.0 Å². The molecule has 0 spiro atoms. The average Bonchev–Trinajstić information content (AvgIpc) is 2.96. The number of hydrogen-bond acceptors (Lipinski definition) is 4. The number of amides is 2. The molecule has 7 heteroatoms. The summed E-state index contributed by atoms with van der Waals surface area (Å²) >= 11 is 0. The molecular weight excluding hydrogens is 462 g/mol. The van der Waals surface area contributed by atoms with E-state index in [1.807, 2.05) is 55.1 Å². The summed E-state index contributed by atoms with van der Waals surface area (Å²) in [5, 5.41) is 8.06. The van der Waals surface area contributed by atoms with Crippen LogP contribution in [0.4, 0.5) is 5.69 Å². The quantitative estimate of drug-likeness (QED) is 0.501. The molecule has 0 fully saturated rings. The zero-order chi connectivity index (χ0) is 24.2. The molecule has 1 aliphatic heterocycles. The molecule has 4 rings (SSSR count). The Morgan fingerprint density at radius 2 is 1.77 bits per heavy atom. The topological polar surface area (TPSA) is 70.7 Å². The van der Waals surface area contributed by atoms with Gasteiger partial charge in [-0.25, -0.2) is 0 Å². The van der Waals surface area contributed by atoms with E-state index in [1.165, 1.54) is 0 Å². The van der Waals surface area contributed by atoms with E-state index in [0.717, 1.165) is 33.3 Å². The van der Waals surface area contributed by atoms with Crippen molar-refractivity contribution >= 4 is 40.7 Å². The Labute approximate surface area is 213 Å². The van der Waals surface area contributed by atoms with Gasteiger partial charge in [-0.3, -0.25) is 9.59 Å². The van der Waals surface area contributed by atoms with E-state index < -0.39 is 6.04 Å². The Bertz CT molecular complexity index is 1200. The lowest BCUT2D eigenvalue weighted by molar-refractivity contribution is -0.128. The smallest absolute Gasteiger partial charge is 0.249 e. The number of nitrogens with one attached hydrogen (secondary N) is 2. The van der Waals surface area contributed by atoms with Gasteiger partial charge >= 0.3 is 0 Å². The van der Waals surface area contributed by atoms with Crippen molar-refractivity contribution in [2.75, 3.05) is 11.9 Å². The predicted octanol–water partition coefficient (Wildman–Crippen LogP) is 4.62. The van der Waals surface area contributed by atoms with Crippen molar-refractivity contribution in [3.63, 3.8) is 0 Å². The molecule has 3 aromatic carbocycles. The fraction of sp³-hybridized carbons (Fsp3) is 0.357. The number of fused-ring (bicyclic) bond motifs is 2. The Morgan fingerprint density at radius 1 is 1.06 bits per heavy atom. The minimum atomic E-state index is -0.597. The largest absolute Gasteiger partial charge is 0.491 e. The number of benzene rings is 3. The first-order valence-corrected chi connectivity index (χ1v) is 11.9. The molecule has 6 nitrogen and oxygen atoms in total. The Hall–Kier alpha value is -3.09. The van der Waals surface area contributed by atoms with Crippen LogP contribution in [0.5, 0.6) is 5.75 Å². The fourth-order valence-electron chi connectivity index (χ4n) is 4.44. The van der Waals surface area contributed by atoms with Gasteiger partial charge in [-0.15, -0.1) is 12.4 Å². The number of anilines is 1. The second-order valence-electron chi connectivity index (χ2n) is 9.09. The number of nitrogens with zero attached hydrogens (tertiary/aromatic N) is 1. The first-order chi connectivity index (χ1) is 16.4. The molecule has 0 aliphatic carbocycles. The second-order valence-corrected chi connectivity index (χ2v) is 9.09. The lowest BCUT2D eigenvalue weighted by atomic mass is 10.0. The lowest BCUT2D eigenvalue weighted by Gasteiger charge is -2.28. The van der Waals surface area contributed by atoms with Gasteiger partial charge in [-0.2, -0.15) is 0 Å². The Balaban J connectivity index is 0.00000342. The van der Waals surface area contributed by atoms with Gasteiger partial charge < -0.3 is 20.3 Å². The summed E-state index contributed by atoms with van der Waals surface area (Å²) in [7, 11) is 1.73. The summed E-state index contributed by atoms with van der Waals surface area (Å²) in [5.74, 6) is 0.485. The van der Waals surface area contributed by atoms with Gasteiger partial charge in [0.2, 0.25) is 11.8 Å². The fourth-order valence-corrected chi connectivity index (χ4v) is 4.44. The number of ether oxygens (including phenoxy) is 1. The van der Waals surface area contributed by atoms with Gasteiger partial charge in [-0.05, 0) is 69.1 Å². The SMILES string of the molecule is CNC(C)C(=O)NC1CCc2ccccc2N(Cc2c(OC(C)C)ccc3ccccc23)C1=O.Cl. The maximum absolute atomic E-state index is 13.9. The molecule has 2 atom stereocenters. The molecular formula is C28H34ClN3O3. The molecule has 35 heavy (non-hydrogen) atoms. The van der Waals surface area contributed by atoms with Crippen molar-refractivity contribution in [1.29, 1.82) is 0 Å². The molecule has 1 heterocycles. The Kier molecular flexibility index (Phi) is 8.76. The van der Waals surface area contributed by atoms with E-state index >= 15 is 0 Å². The van der Waals surface area contributed by atoms with Gasteiger partial charge in [0.15, 0.2) is 0 Å². The minimum absolute atomic E-state index is 0. The summed E-state index contributed by atoms with van der Waals surface area (Å²) in [6.07, 6.45) is 1.27. The van der Waals surface area contributed by atoms with Crippen LogP contribution >= 0.6 is 12.4 Å².